The summed E-state index contributed by atoms with van der Waals surface area (Å²) in [4.78, 5) is 11.3. The molecular weight excluding hydrogens is 208 g/mol. The molecule has 5 heteroatoms. The van der Waals surface area contributed by atoms with Gasteiger partial charge in [0.05, 0.1) is 12.7 Å². The Morgan fingerprint density at radius 1 is 1.47 bits per heavy atom. The number of hydrogen-bond donors (Lipinski definition) is 1. The lowest BCUT2D eigenvalue weighted by molar-refractivity contribution is 0.833. The summed E-state index contributed by atoms with van der Waals surface area (Å²) in [5.74, 6) is 0. The van der Waals surface area contributed by atoms with Crippen LogP contribution in [-0.4, -0.2) is 19.5 Å². The van der Waals surface area contributed by atoms with E-state index in [1.807, 2.05) is 4.57 Å². The van der Waals surface area contributed by atoms with Crippen LogP contribution in [0.15, 0.2) is 24.8 Å². The summed E-state index contributed by atoms with van der Waals surface area (Å²) in [5, 5.41) is 0. The van der Waals surface area contributed by atoms with Crippen molar-refractivity contribution in [1.82, 2.24) is 19.5 Å². The van der Waals surface area contributed by atoms with E-state index in [0.717, 1.165) is 24.1 Å². The summed E-state index contributed by atoms with van der Waals surface area (Å²) < 4.78 is 2.56. The van der Waals surface area contributed by atoms with Crippen LogP contribution in [-0.2, 0) is 6.54 Å². The molecule has 0 bridgehead atoms. The summed E-state index contributed by atoms with van der Waals surface area (Å²) in [6.45, 7) is 2.92. The summed E-state index contributed by atoms with van der Waals surface area (Å²) in [6, 6.07) is 0. The van der Waals surface area contributed by atoms with Crippen LogP contribution < -0.4 is 0 Å². The minimum absolute atomic E-state index is 0.543. The van der Waals surface area contributed by atoms with E-state index in [1.165, 1.54) is 0 Å². The van der Waals surface area contributed by atoms with Crippen LogP contribution in [0, 0.1) is 4.64 Å². The quantitative estimate of drug-likeness (QED) is 0.638. The van der Waals surface area contributed by atoms with Crippen molar-refractivity contribution in [2.75, 3.05) is 0 Å². The average molecular weight is 220 g/mol. The Bertz CT molecular complexity index is 538. The lowest BCUT2D eigenvalue weighted by atomic mass is 10.4. The van der Waals surface area contributed by atoms with Gasteiger partial charge in [-0.25, -0.2) is 9.97 Å². The smallest absolute Gasteiger partial charge is 0.157 e. The zero-order valence-corrected chi connectivity index (χ0v) is 9.29. The molecule has 0 radical (unpaired) electrons. The third-order valence-electron chi connectivity index (χ3n) is 2.13. The van der Waals surface area contributed by atoms with Crippen molar-refractivity contribution in [2.24, 2.45) is 0 Å². The third-order valence-corrected chi connectivity index (χ3v) is 2.43. The first kappa shape index (κ1) is 10.0. The van der Waals surface area contributed by atoms with Gasteiger partial charge in [0.25, 0.3) is 0 Å². The van der Waals surface area contributed by atoms with Crippen LogP contribution in [0.25, 0.3) is 11.2 Å². The lowest BCUT2D eigenvalue weighted by Crippen LogP contribution is -1.94. The minimum atomic E-state index is 0.543. The number of aromatic amines is 1. The topological polar surface area (TPSA) is 46.5 Å². The van der Waals surface area contributed by atoms with Gasteiger partial charge in [0.15, 0.2) is 4.64 Å². The highest BCUT2D eigenvalue weighted by molar-refractivity contribution is 7.71. The molecule has 2 rings (SSSR count). The standard InChI is InChI=1S/C10H12N4S/c1-2-3-4-5-14-7-13-8-9(14)11-6-12-10(8)15/h3-4,6-7H,2,5H2,1H3,(H,11,12,15)/b4-3+. The van der Waals surface area contributed by atoms with Crippen LogP contribution in [0.5, 0.6) is 0 Å². The second-order valence-corrected chi connectivity index (χ2v) is 3.57. The fourth-order valence-electron chi connectivity index (χ4n) is 1.40. The molecule has 0 unspecified atom stereocenters. The zero-order chi connectivity index (χ0) is 10.7. The Hall–Kier alpha value is -1.49. The lowest BCUT2D eigenvalue weighted by Gasteiger charge is -1.98. The molecule has 0 aliphatic rings. The van der Waals surface area contributed by atoms with E-state index >= 15 is 0 Å². The predicted octanol–water partition coefficient (Wildman–Crippen LogP) is 2.46. The van der Waals surface area contributed by atoms with Crippen molar-refractivity contribution in [3.63, 3.8) is 0 Å². The highest BCUT2D eigenvalue weighted by atomic mass is 32.1. The van der Waals surface area contributed by atoms with Gasteiger partial charge in [-0.1, -0.05) is 31.3 Å². The van der Waals surface area contributed by atoms with Gasteiger partial charge in [-0.3, -0.25) is 0 Å². The van der Waals surface area contributed by atoms with Crippen LogP contribution >= 0.6 is 12.2 Å². The van der Waals surface area contributed by atoms with Gasteiger partial charge in [-0.15, -0.1) is 0 Å². The van der Waals surface area contributed by atoms with Crippen molar-refractivity contribution >= 4 is 23.4 Å². The fraction of sp³-hybridized carbons (Fsp3) is 0.300. The van der Waals surface area contributed by atoms with Crippen molar-refractivity contribution in [3.8, 4) is 0 Å². The number of aromatic nitrogens is 4. The van der Waals surface area contributed by atoms with Gasteiger partial charge in [-0.2, -0.15) is 0 Å². The molecule has 0 aromatic carbocycles. The Morgan fingerprint density at radius 2 is 2.33 bits per heavy atom. The monoisotopic (exact) mass is 220 g/mol. The molecular formula is C10H12N4S. The van der Waals surface area contributed by atoms with Gasteiger partial charge in [0.1, 0.15) is 11.2 Å². The number of nitrogens with one attached hydrogen (secondary N) is 1. The molecule has 2 aromatic rings. The number of hydrogen-bond acceptors (Lipinski definition) is 3. The fourth-order valence-corrected chi connectivity index (χ4v) is 1.60. The summed E-state index contributed by atoms with van der Waals surface area (Å²) in [5.41, 5.74) is 1.69. The minimum Gasteiger partial charge on any atom is -0.330 e. The highest BCUT2D eigenvalue weighted by Crippen LogP contribution is 2.09. The maximum Gasteiger partial charge on any atom is 0.157 e. The molecule has 0 amide bonds. The molecule has 1 N–H and O–H groups in total. The van der Waals surface area contributed by atoms with Crippen molar-refractivity contribution in [1.29, 1.82) is 0 Å². The van der Waals surface area contributed by atoms with E-state index < -0.39 is 0 Å². The van der Waals surface area contributed by atoms with Crippen molar-refractivity contribution < 1.29 is 0 Å². The van der Waals surface area contributed by atoms with Crippen LogP contribution in [0.4, 0.5) is 0 Å². The summed E-state index contributed by atoms with van der Waals surface area (Å²) in [6.07, 6.45) is 8.66. The maximum absolute atomic E-state index is 5.08. The Labute approximate surface area is 92.7 Å². The Kier molecular flexibility index (Phi) is 2.91. The average Bonchev–Trinajstić information content (AvgIpc) is 2.64. The molecule has 0 aliphatic heterocycles. The van der Waals surface area contributed by atoms with Crippen molar-refractivity contribution in [3.05, 3.63) is 29.4 Å². The summed E-state index contributed by atoms with van der Waals surface area (Å²) >= 11 is 5.08. The Morgan fingerprint density at radius 3 is 3.13 bits per heavy atom. The first-order valence-electron chi connectivity index (χ1n) is 4.86. The molecule has 0 aliphatic carbocycles. The molecule has 15 heavy (non-hydrogen) atoms. The third kappa shape index (κ3) is 1.97. The van der Waals surface area contributed by atoms with E-state index in [0.29, 0.717) is 4.64 Å². The van der Waals surface area contributed by atoms with E-state index in [4.69, 9.17) is 12.2 Å². The van der Waals surface area contributed by atoms with E-state index in [1.54, 1.807) is 12.7 Å². The van der Waals surface area contributed by atoms with Gasteiger partial charge in [0.2, 0.25) is 0 Å². The second-order valence-electron chi connectivity index (χ2n) is 3.18. The normalized spacial score (nSPS) is 11.5. The number of allylic oxidation sites excluding steroid dienone is 2. The highest BCUT2D eigenvalue weighted by Gasteiger charge is 2.02. The first-order chi connectivity index (χ1) is 7.33. The molecule has 2 heterocycles. The molecule has 2 aromatic heterocycles. The number of H-pyrrole nitrogens is 1. The predicted molar refractivity (Wildman–Crippen MR) is 62.1 cm³/mol. The molecule has 0 atom stereocenters. The number of fused-ring (bicyclic) bond motifs is 1. The summed E-state index contributed by atoms with van der Waals surface area (Å²) in [7, 11) is 0. The second kappa shape index (κ2) is 4.35. The van der Waals surface area contributed by atoms with Crippen LogP contribution in [0.1, 0.15) is 13.3 Å². The van der Waals surface area contributed by atoms with E-state index in [-0.39, 0.29) is 0 Å². The van der Waals surface area contributed by atoms with Gasteiger partial charge in [0, 0.05) is 6.54 Å². The molecule has 0 fully saturated rings. The largest absolute Gasteiger partial charge is 0.330 e. The van der Waals surface area contributed by atoms with Gasteiger partial charge < -0.3 is 9.55 Å². The Balaban J connectivity index is 2.41. The molecule has 0 saturated heterocycles. The molecule has 78 valence electrons. The molecule has 4 nitrogen and oxygen atoms in total. The first-order valence-corrected chi connectivity index (χ1v) is 5.27. The van der Waals surface area contributed by atoms with Crippen molar-refractivity contribution in [2.45, 2.75) is 19.9 Å². The van der Waals surface area contributed by atoms with Crippen LogP contribution in [0.3, 0.4) is 0 Å². The van der Waals surface area contributed by atoms with E-state index in [9.17, 15) is 0 Å². The van der Waals surface area contributed by atoms with Crippen LogP contribution in [0.2, 0.25) is 0 Å². The van der Waals surface area contributed by atoms with E-state index in [2.05, 4.69) is 34.0 Å². The van der Waals surface area contributed by atoms with Gasteiger partial charge in [-0.05, 0) is 6.42 Å². The molecule has 0 saturated carbocycles. The number of rotatable bonds is 3. The SMILES string of the molecule is CC/C=C/Cn1cnc2c(=S)nc[nH]c21. The number of nitrogens with zero attached hydrogens (tertiary/aromatic N) is 3. The molecule has 0 spiro atoms. The number of imidazole rings is 1. The zero-order valence-electron chi connectivity index (χ0n) is 8.47. The van der Waals surface area contributed by atoms with Gasteiger partial charge >= 0.3 is 0 Å². The maximum atomic E-state index is 5.08.